The maximum atomic E-state index is 12.5. The Morgan fingerprint density at radius 3 is 2.52 bits per heavy atom. The lowest BCUT2D eigenvalue weighted by atomic mass is 10.1. The molecular weight excluding hydrogens is 283 g/mol. The van der Waals surface area contributed by atoms with Crippen molar-refractivity contribution in [3.05, 3.63) is 36.0 Å². The van der Waals surface area contributed by atoms with E-state index in [0.717, 1.165) is 17.7 Å². The zero-order chi connectivity index (χ0) is 15.6. The summed E-state index contributed by atoms with van der Waals surface area (Å²) in [5.41, 5.74) is 3.83. The summed E-state index contributed by atoms with van der Waals surface area (Å²) in [4.78, 5) is 14.5. The number of anilines is 1. The van der Waals surface area contributed by atoms with Crippen LogP contribution in [0.1, 0.15) is 19.4 Å². The molecule has 1 aromatic heterocycles. The molecule has 5 heteroatoms. The number of rotatable bonds is 4. The molecule has 0 saturated carbocycles. The molecule has 0 atom stereocenters. The maximum absolute atomic E-state index is 12.5. The lowest BCUT2D eigenvalue weighted by Gasteiger charge is -2.15. The van der Waals surface area contributed by atoms with Crippen LogP contribution in [0.25, 0.3) is 11.3 Å². The van der Waals surface area contributed by atoms with Crippen LogP contribution in [-0.4, -0.2) is 24.2 Å². The summed E-state index contributed by atoms with van der Waals surface area (Å²) in [5, 5.41) is 3.45. The van der Waals surface area contributed by atoms with Gasteiger partial charge < -0.3 is 14.9 Å². The molecule has 0 fully saturated rings. The van der Waals surface area contributed by atoms with Gasteiger partial charge in [0.25, 0.3) is 0 Å². The van der Waals surface area contributed by atoms with Crippen molar-refractivity contribution in [3.63, 3.8) is 0 Å². The largest absolute Gasteiger partial charge is 0.361 e. The molecule has 0 aliphatic rings. The van der Waals surface area contributed by atoms with Crippen molar-refractivity contribution in [2.75, 3.05) is 18.6 Å². The quantitative estimate of drug-likeness (QED) is 0.850. The molecule has 1 heterocycles. The SMILES string of the molecule is CCc1c[nH]c(-c2ccc(NC(C)=O)c(P(C)(C)=O)c2)c1. The van der Waals surface area contributed by atoms with Gasteiger partial charge in [0.05, 0.1) is 5.69 Å². The fourth-order valence-corrected chi connectivity index (χ4v) is 3.41. The summed E-state index contributed by atoms with van der Waals surface area (Å²) in [6.45, 7) is 6.98. The molecule has 0 aliphatic heterocycles. The first kappa shape index (κ1) is 15.6. The number of amides is 1. The Morgan fingerprint density at radius 2 is 2.00 bits per heavy atom. The average Bonchev–Trinajstić information content (AvgIpc) is 2.86. The topological polar surface area (TPSA) is 62.0 Å². The molecule has 2 rings (SSSR count). The number of carbonyl (C=O) groups is 1. The van der Waals surface area contributed by atoms with Crippen LogP contribution in [0.15, 0.2) is 30.5 Å². The van der Waals surface area contributed by atoms with Crippen LogP contribution in [0.4, 0.5) is 5.69 Å². The van der Waals surface area contributed by atoms with E-state index in [2.05, 4.69) is 23.3 Å². The number of hydrogen-bond acceptors (Lipinski definition) is 2. The van der Waals surface area contributed by atoms with E-state index >= 15 is 0 Å². The summed E-state index contributed by atoms with van der Waals surface area (Å²) in [6.07, 6.45) is 2.95. The maximum Gasteiger partial charge on any atom is 0.221 e. The monoisotopic (exact) mass is 304 g/mol. The van der Waals surface area contributed by atoms with E-state index in [0.29, 0.717) is 11.0 Å². The summed E-state index contributed by atoms with van der Waals surface area (Å²) in [5.74, 6) is -0.161. The van der Waals surface area contributed by atoms with Crippen LogP contribution in [0.3, 0.4) is 0 Å². The third kappa shape index (κ3) is 3.64. The average molecular weight is 304 g/mol. The summed E-state index contributed by atoms with van der Waals surface area (Å²) in [7, 11) is -2.49. The van der Waals surface area contributed by atoms with Crippen LogP contribution in [0, 0.1) is 0 Å². The van der Waals surface area contributed by atoms with Gasteiger partial charge in [0, 0.05) is 24.1 Å². The van der Waals surface area contributed by atoms with Gasteiger partial charge in [-0.15, -0.1) is 0 Å². The molecule has 2 aromatic rings. The van der Waals surface area contributed by atoms with Crippen LogP contribution in [0.5, 0.6) is 0 Å². The number of aromatic amines is 1. The predicted octanol–water partition coefficient (Wildman–Crippen LogP) is 3.45. The van der Waals surface area contributed by atoms with E-state index in [4.69, 9.17) is 0 Å². The first-order chi connectivity index (χ1) is 9.81. The highest BCUT2D eigenvalue weighted by Gasteiger charge is 2.18. The second-order valence-corrected chi connectivity index (χ2v) is 8.72. The molecule has 4 nitrogen and oxygen atoms in total. The standard InChI is InChI=1S/C16H21N2O2P/c1-5-12-8-15(17-10-12)13-6-7-14(18-11(2)19)16(9-13)21(3,4)20/h6-10,17H,5H2,1-4H3,(H,18,19). The minimum Gasteiger partial charge on any atom is -0.361 e. The Morgan fingerprint density at radius 1 is 1.29 bits per heavy atom. The van der Waals surface area contributed by atoms with E-state index < -0.39 is 7.14 Å². The molecule has 1 aromatic carbocycles. The fraction of sp³-hybridized carbons (Fsp3) is 0.312. The zero-order valence-electron chi connectivity index (χ0n) is 12.9. The molecule has 0 saturated heterocycles. The number of aromatic nitrogens is 1. The normalized spacial score (nSPS) is 11.4. The Hall–Kier alpha value is -1.80. The molecule has 0 bridgehead atoms. The van der Waals surface area contributed by atoms with Crippen molar-refractivity contribution in [2.24, 2.45) is 0 Å². The Kier molecular flexibility index (Phi) is 4.38. The highest BCUT2D eigenvalue weighted by Crippen LogP contribution is 2.39. The van der Waals surface area contributed by atoms with Crippen molar-refractivity contribution in [2.45, 2.75) is 20.3 Å². The minimum absolute atomic E-state index is 0.161. The summed E-state index contributed by atoms with van der Waals surface area (Å²) >= 11 is 0. The van der Waals surface area contributed by atoms with E-state index in [1.54, 1.807) is 13.3 Å². The van der Waals surface area contributed by atoms with Crippen molar-refractivity contribution in [3.8, 4) is 11.3 Å². The molecule has 1 amide bonds. The van der Waals surface area contributed by atoms with Crippen LogP contribution in [-0.2, 0) is 15.8 Å². The lowest BCUT2D eigenvalue weighted by molar-refractivity contribution is -0.114. The van der Waals surface area contributed by atoms with Crippen LogP contribution >= 0.6 is 7.14 Å². The number of nitrogens with one attached hydrogen (secondary N) is 2. The van der Waals surface area contributed by atoms with Gasteiger partial charge in [0.2, 0.25) is 5.91 Å². The first-order valence-corrected chi connectivity index (χ1v) is 9.56. The third-order valence-corrected chi connectivity index (χ3v) is 4.88. The van der Waals surface area contributed by atoms with Crippen molar-refractivity contribution in [1.82, 2.24) is 4.98 Å². The Bertz CT molecular complexity index is 713. The van der Waals surface area contributed by atoms with Crippen molar-refractivity contribution >= 4 is 24.0 Å². The highest BCUT2D eigenvalue weighted by molar-refractivity contribution is 7.70. The predicted molar refractivity (Wildman–Crippen MR) is 89.0 cm³/mol. The van der Waals surface area contributed by atoms with Gasteiger partial charge in [-0.05, 0) is 49.1 Å². The van der Waals surface area contributed by atoms with E-state index in [1.807, 2.05) is 24.4 Å². The molecule has 21 heavy (non-hydrogen) atoms. The number of carbonyl (C=O) groups excluding carboxylic acids is 1. The van der Waals surface area contributed by atoms with E-state index in [-0.39, 0.29) is 5.91 Å². The number of hydrogen-bond donors (Lipinski definition) is 2. The van der Waals surface area contributed by atoms with Gasteiger partial charge in [-0.3, -0.25) is 4.79 Å². The van der Waals surface area contributed by atoms with Crippen LogP contribution < -0.4 is 10.6 Å². The summed E-state index contributed by atoms with van der Waals surface area (Å²) in [6, 6.07) is 7.73. The Balaban J connectivity index is 2.51. The molecular formula is C16H21N2O2P. The second kappa shape index (κ2) is 5.90. The van der Waals surface area contributed by atoms with Gasteiger partial charge in [0.1, 0.15) is 7.14 Å². The Labute approximate surface area is 125 Å². The van der Waals surface area contributed by atoms with Crippen LogP contribution in [0.2, 0.25) is 0 Å². The van der Waals surface area contributed by atoms with Gasteiger partial charge in [-0.25, -0.2) is 0 Å². The number of H-pyrrole nitrogens is 1. The molecule has 0 spiro atoms. The van der Waals surface area contributed by atoms with Gasteiger partial charge in [-0.2, -0.15) is 0 Å². The van der Waals surface area contributed by atoms with E-state index in [1.165, 1.54) is 12.5 Å². The highest BCUT2D eigenvalue weighted by atomic mass is 31.2. The molecule has 0 aliphatic carbocycles. The minimum atomic E-state index is -2.49. The summed E-state index contributed by atoms with van der Waals surface area (Å²) < 4.78 is 12.5. The zero-order valence-corrected chi connectivity index (χ0v) is 13.8. The smallest absolute Gasteiger partial charge is 0.221 e. The van der Waals surface area contributed by atoms with Crippen molar-refractivity contribution in [1.29, 1.82) is 0 Å². The lowest BCUT2D eigenvalue weighted by Crippen LogP contribution is -2.16. The third-order valence-electron chi connectivity index (χ3n) is 3.35. The van der Waals surface area contributed by atoms with Gasteiger partial charge in [0.15, 0.2) is 0 Å². The van der Waals surface area contributed by atoms with E-state index in [9.17, 15) is 9.36 Å². The number of aryl methyl sites for hydroxylation is 1. The fourth-order valence-electron chi connectivity index (χ4n) is 2.25. The molecule has 0 radical (unpaired) electrons. The second-order valence-electron chi connectivity index (χ2n) is 5.54. The molecule has 2 N–H and O–H groups in total. The molecule has 0 unspecified atom stereocenters. The van der Waals surface area contributed by atoms with Gasteiger partial charge in [-0.1, -0.05) is 13.0 Å². The van der Waals surface area contributed by atoms with Gasteiger partial charge >= 0.3 is 0 Å². The first-order valence-electron chi connectivity index (χ1n) is 6.96. The molecule has 112 valence electrons. The van der Waals surface area contributed by atoms with Crippen molar-refractivity contribution < 1.29 is 9.36 Å². The number of benzene rings is 1.